The molecule has 1 heterocycles. The van der Waals surface area contributed by atoms with Gasteiger partial charge in [0.15, 0.2) is 0 Å². The van der Waals surface area contributed by atoms with E-state index in [1.807, 2.05) is 6.92 Å². The Kier molecular flexibility index (Phi) is 2.35. The van der Waals surface area contributed by atoms with Crippen LogP contribution in [0.25, 0.3) is 11.0 Å². The topological polar surface area (TPSA) is 92.2 Å². The van der Waals surface area contributed by atoms with Crippen LogP contribution in [-0.4, -0.2) is 20.6 Å². The smallest absolute Gasteiger partial charge is 0.337 e. The Balaban J connectivity index is 2.49. The van der Waals surface area contributed by atoms with Crippen LogP contribution in [0.1, 0.15) is 29.7 Å². The van der Waals surface area contributed by atoms with Crippen LogP contribution in [0.2, 0.25) is 0 Å². The van der Waals surface area contributed by atoms with E-state index in [-0.39, 0.29) is 17.5 Å². The summed E-state index contributed by atoms with van der Waals surface area (Å²) in [5, 5.41) is 9.23. The summed E-state index contributed by atoms with van der Waals surface area (Å²) in [5.74, 6) is -0.830. The molecule has 1 aliphatic carbocycles. The van der Waals surface area contributed by atoms with Gasteiger partial charge in [-0.25, -0.2) is 4.79 Å². The Bertz CT molecular complexity index is 802. The highest BCUT2D eigenvalue weighted by atomic mass is 16.4. The van der Waals surface area contributed by atoms with Gasteiger partial charge in [-0.1, -0.05) is 13.0 Å². The Labute approximate surface area is 107 Å². The van der Waals surface area contributed by atoms with Gasteiger partial charge in [0.1, 0.15) is 0 Å². The van der Waals surface area contributed by atoms with Crippen LogP contribution >= 0.6 is 0 Å². The number of hydrogen-bond acceptors (Lipinski definition) is 3. The fourth-order valence-corrected chi connectivity index (χ4v) is 2.44. The van der Waals surface area contributed by atoms with Crippen molar-refractivity contribution < 1.29 is 9.90 Å². The molecule has 6 heteroatoms. The van der Waals surface area contributed by atoms with Crippen LogP contribution in [0.15, 0.2) is 27.8 Å². The molecule has 1 saturated carbocycles. The van der Waals surface area contributed by atoms with Gasteiger partial charge in [-0.2, -0.15) is 0 Å². The fourth-order valence-electron chi connectivity index (χ4n) is 2.44. The number of carboxylic acid groups (broad SMARTS) is 1. The molecule has 1 fully saturated rings. The highest BCUT2D eigenvalue weighted by Gasteiger charge is 2.37. The van der Waals surface area contributed by atoms with Crippen molar-refractivity contribution in [3.8, 4) is 0 Å². The summed E-state index contributed by atoms with van der Waals surface area (Å²) in [4.78, 5) is 37.4. The zero-order valence-corrected chi connectivity index (χ0v) is 10.2. The number of benzene rings is 1. The van der Waals surface area contributed by atoms with E-state index in [0.717, 1.165) is 6.42 Å². The van der Waals surface area contributed by atoms with Crippen LogP contribution in [0.5, 0.6) is 0 Å². The third-order valence-corrected chi connectivity index (χ3v) is 3.57. The lowest BCUT2D eigenvalue weighted by atomic mass is 10.1. The average Bonchev–Trinajstić information content (AvgIpc) is 3.06. The standard InChI is InChI=1S/C13H12N2O4/c1-6-5-9(6)15-10-7(13(18)19)3-2-4-8(10)14-11(16)12(15)17/h2-4,6,9H,5H2,1H3,(H,14,16)(H,18,19). The van der Waals surface area contributed by atoms with Gasteiger partial charge in [0, 0.05) is 6.04 Å². The molecule has 0 aliphatic heterocycles. The van der Waals surface area contributed by atoms with Gasteiger partial charge < -0.3 is 10.1 Å². The molecule has 98 valence electrons. The van der Waals surface area contributed by atoms with E-state index in [2.05, 4.69) is 4.98 Å². The average molecular weight is 260 g/mol. The molecule has 2 unspecified atom stereocenters. The minimum atomic E-state index is -1.11. The molecule has 2 aromatic rings. The molecule has 1 aromatic carbocycles. The normalized spacial score (nSPS) is 21.5. The quantitative estimate of drug-likeness (QED) is 0.787. The Morgan fingerprint density at radius 3 is 2.68 bits per heavy atom. The first-order chi connectivity index (χ1) is 9.00. The summed E-state index contributed by atoms with van der Waals surface area (Å²) in [7, 11) is 0. The minimum Gasteiger partial charge on any atom is -0.478 e. The zero-order valence-electron chi connectivity index (χ0n) is 10.2. The van der Waals surface area contributed by atoms with Gasteiger partial charge >= 0.3 is 17.1 Å². The number of nitrogens with one attached hydrogen (secondary N) is 1. The molecule has 3 rings (SSSR count). The van der Waals surface area contributed by atoms with Crippen molar-refractivity contribution in [1.82, 2.24) is 9.55 Å². The van der Waals surface area contributed by atoms with Gasteiger partial charge in [0.25, 0.3) is 0 Å². The summed E-state index contributed by atoms with van der Waals surface area (Å²) < 4.78 is 1.34. The van der Waals surface area contributed by atoms with E-state index in [1.165, 1.54) is 10.6 Å². The van der Waals surface area contributed by atoms with Crippen molar-refractivity contribution in [2.45, 2.75) is 19.4 Å². The SMILES string of the molecule is CC1CC1n1c(=O)c(=O)[nH]c2cccc(C(=O)O)c21. The van der Waals surface area contributed by atoms with Gasteiger partial charge in [0.05, 0.1) is 16.6 Å². The van der Waals surface area contributed by atoms with Crippen molar-refractivity contribution in [2.75, 3.05) is 0 Å². The van der Waals surface area contributed by atoms with E-state index in [9.17, 15) is 19.5 Å². The van der Waals surface area contributed by atoms with Gasteiger partial charge in [-0.05, 0) is 24.5 Å². The summed E-state index contributed by atoms with van der Waals surface area (Å²) in [6.45, 7) is 1.97. The fraction of sp³-hybridized carbons (Fsp3) is 0.308. The Morgan fingerprint density at radius 2 is 2.11 bits per heavy atom. The molecule has 0 saturated heterocycles. The number of aromatic amines is 1. The molecule has 0 amide bonds. The largest absolute Gasteiger partial charge is 0.478 e. The monoisotopic (exact) mass is 260 g/mol. The van der Waals surface area contributed by atoms with Crippen LogP contribution < -0.4 is 11.1 Å². The molecule has 1 aromatic heterocycles. The molecular formula is C13H12N2O4. The number of carboxylic acids is 1. The van der Waals surface area contributed by atoms with E-state index >= 15 is 0 Å². The Hall–Kier alpha value is -2.37. The number of fused-ring (bicyclic) bond motifs is 1. The minimum absolute atomic E-state index is 0.0324. The molecule has 0 spiro atoms. The van der Waals surface area contributed by atoms with Crippen molar-refractivity contribution in [2.24, 2.45) is 5.92 Å². The maximum absolute atomic E-state index is 12.0. The lowest BCUT2D eigenvalue weighted by molar-refractivity contribution is 0.0698. The first kappa shape index (κ1) is 11.7. The van der Waals surface area contributed by atoms with Gasteiger partial charge in [0.2, 0.25) is 0 Å². The highest BCUT2D eigenvalue weighted by molar-refractivity contribution is 6.00. The van der Waals surface area contributed by atoms with Gasteiger partial charge in [-0.15, -0.1) is 0 Å². The van der Waals surface area contributed by atoms with Crippen molar-refractivity contribution in [1.29, 1.82) is 0 Å². The first-order valence-corrected chi connectivity index (χ1v) is 6.01. The van der Waals surface area contributed by atoms with E-state index in [0.29, 0.717) is 11.0 Å². The summed E-state index contributed by atoms with van der Waals surface area (Å²) in [6, 6.07) is 4.50. The van der Waals surface area contributed by atoms with Crippen LogP contribution in [0.4, 0.5) is 0 Å². The number of rotatable bonds is 2. The third kappa shape index (κ3) is 1.68. The molecule has 1 aliphatic rings. The lowest BCUT2D eigenvalue weighted by Gasteiger charge is -2.11. The van der Waals surface area contributed by atoms with Crippen molar-refractivity contribution >= 4 is 17.0 Å². The molecular weight excluding hydrogens is 248 g/mol. The molecule has 0 bridgehead atoms. The molecule has 2 N–H and O–H groups in total. The van der Waals surface area contributed by atoms with E-state index < -0.39 is 17.1 Å². The highest BCUT2D eigenvalue weighted by Crippen LogP contribution is 2.43. The van der Waals surface area contributed by atoms with Crippen LogP contribution in [0.3, 0.4) is 0 Å². The first-order valence-electron chi connectivity index (χ1n) is 6.01. The van der Waals surface area contributed by atoms with Crippen molar-refractivity contribution in [3.05, 3.63) is 44.5 Å². The number of H-pyrrole nitrogens is 1. The second-order valence-corrected chi connectivity index (χ2v) is 4.92. The number of aromatic nitrogens is 2. The summed E-state index contributed by atoms with van der Waals surface area (Å²) in [6.07, 6.45) is 0.784. The van der Waals surface area contributed by atoms with Crippen LogP contribution in [0, 0.1) is 5.92 Å². The second-order valence-electron chi connectivity index (χ2n) is 4.92. The van der Waals surface area contributed by atoms with Gasteiger partial charge in [-0.3, -0.25) is 14.2 Å². The van der Waals surface area contributed by atoms with E-state index in [1.54, 1.807) is 12.1 Å². The Morgan fingerprint density at radius 1 is 1.42 bits per heavy atom. The molecule has 0 radical (unpaired) electrons. The number of hydrogen-bond donors (Lipinski definition) is 2. The lowest BCUT2D eigenvalue weighted by Crippen LogP contribution is -2.36. The predicted molar refractivity (Wildman–Crippen MR) is 68.6 cm³/mol. The zero-order chi connectivity index (χ0) is 13.7. The molecule has 6 nitrogen and oxygen atoms in total. The van der Waals surface area contributed by atoms with Crippen molar-refractivity contribution in [3.63, 3.8) is 0 Å². The maximum Gasteiger partial charge on any atom is 0.337 e. The molecule has 2 atom stereocenters. The molecule has 19 heavy (non-hydrogen) atoms. The number of aromatic carboxylic acids is 1. The number of carbonyl (C=O) groups is 1. The number of para-hydroxylation sites is 1. The second kappa shape index (κ2) is 3.81. The van der Waals surface area contributed by atoms with Crippen LogP contribution in [-0.2, 0) is 0 Å². The number of nitrogens with zero attached hydrogens (tertiary/aromatic N) is 1. The predicted octanol–water partition coefficient (Wildman–Crippen LogP) is 0.969. The third-order valence-electron chi connectivity index (χ3n) is 3.57. The summed E-state index contributed by atoms with van der Waals surface area (Å²) in [5.41, 5.74) is -0.688. The van der Waals surface area contributed by atoms with E-state index in [4.69, 9.17) is 0 Å². The maximum atomic E-state index is 12.0. The summed E-state index contributed by atoms with van der Waals surface area (Å²) >= 11 is 0.